The molecule has 1 fully saturated rings. The van der Waals surface area contributed by atoms with E-state index in [1.165, 1.54) is 6.07 Å². The summed E-state index contributed by atoms with van der Waals surface area (Å²) in [6.45, 7) is 0.841. The quantitative estimate of drug-likeness (QED) is 0.607. The maximum Gasteiger partial charge on any atom is 0.315 e. The van der Waals surface area contributed by atoms with E-state index in [4.69, 9.17) is 4.74 Å². The third kappa shape index (κ3) is 4.22. The number of ether oxygens (including phenoxy) is 1. The molecule has 1 amide bonds. The standard InChI is InChI=1S/C21H20F2N2O4/c22-16-4-3-15(11-17(16)23)25-7-5-21(28,6-8-25)12-19(26)24-14-2-1-13-9-20(27)29-18(13)10-14/h1-4,10-11,28H,5-9,12H2,(H,24,26). The number of halogens is 2. The van der Waals surface area contributed by atoms with E-state index in [2.05, 4.69) is 5.32 Å². The lowest BCUT2D eigenvalue weighted by molar-refractivity contribution is -0.131. The zero-order valence-corrected chi connectivity index (χ0v) is 15.6. The highest BCUT2D eigenvalue weighted by atomic mass is 19.2. The van der Waals surface area contributed by atoms with Gasteiger partial charge in [-0.2, -0.15) is 0 Å². The lowest BCUT2D eigenvalue weighted by Crippen LogP contribution is -2.46. The van der Waals surface area contributed by atoms with Crippen LogP contribution in [0.2, 0.25) is 0 Å². The largest absolute Gasteiger partial charge is 0.426 e. The van der Waals surface area contributed by atoms with Crippen LogP contribution in [0.5, 0.6) is 5.75 Å². The van der Waals surface area contributed by atoms with Gasteiger partial charge >= 0.3 is 5.97 Å². The number of nitrogens with zero attached hydrogens (tertiary/aromatic N) is 1. The predicted molar refractivity (Wildman–Crippen MR) is 102 cm³/mol. The first-order chi connectivity index (χ1) is 13.8. The van der Waals surface area contributed by atoms with Crippen LogP contribution in [0.3, 0.4) is 0 Å². The van der Waals surface area contributed by atoms with Gasteiger partial charge in [0.2, 0.25) is 5.91 Å². The molecular weight excluding hydrogens is 382 g/mol. The normalized spacial score (nSPS) is 17.6. The van der Waals surface area contributed by atoms with Gasteiger partial charge in [0, 0.05) is 42.2 Å². The van der Waals surface area contributed by atoms with Crippen LogP contribution in [0.25, 0.3) is 0 Å². The van der Waals surface area contributed by atoms with E-state index in [0.717, 1.165) is 17.7 Å². The van der Waals surface area contributed by atoms with Gasteiger partial charge in [-0.3, -0.25) is 9.59 Å². The van der Waals surface area contributed by atoms with Gasteiger partial charge < -0.3 is 20.1 Å². The van der Waals surface area contributed by atoms with Crippen LogP contribution in [0, 0.1) is 11.6 Å². The van der Waals surface area contributed by atoms with E-state index in [-0.39, 0.29) is 24.7 Å². The van der Waals surface area contributed by atoms with E-state index in [9.17, 15) is 23.5 Å². The lowest BCUT2D eigenvalue weighted by Gasteiger charge is -2.39. The molecule has 0 bridgehead atoms. The number of rotatable bonds is 4. The van der Waals surface area contributed by atoms with E-state index in [1.54, 1.807) is 18.2 Å². The van der Waals surface area contributed by atoms with Gasteiger partial charge in [-0.05, 0) is 31.0 Å². The van der Waals surface area contributed by atoms with Crippen molar-refractivity contribution in [3.8, 4) is 5.75 Å². The third-order valence-electron chi connectivity index (χ3n) is 5.36. The van der Waals surface area contributed by atoms with Crippen LogP contribution < -0.4 is 15.0 Å². The lowest BCUT2D eigenvalue weighted by atomic mass is 9.87. The van der Waals surface area contributed by atoms with E-state index in [0.29, 0.717) is 43.1 Å². The number of hydrogen-bond acceptors (Lipinski definition) is 5. The first-order valence-electron chi connectivity index (χ1n) is 9.37. The van der Waals surface area contributed by atoms with E-state index in [1.807, 2.05) is 4.90 Å². The second-order valence-electron chi connectivity index (χ2n) is 7.51. The molecule has 2 aliphatic rings. The van der Waals surface area contributed by atoms with Crippen molar-refractivity contribution in [2.75, 3.05) is 23.3 Å². The Hall–Kier alpha value is -3.00. The van der Waals surface area contributed by atoms with Gasteiger partial charge in [0.15, 0.2) is 11.6 Å². The summed E-state index contributed by atoms with van der Waals surface area (Å²) in [4.78, 5) is 25.6. The molecule has 4 rings (SSSR count). The van der Waals surface area contributed by atoms with E-state index < -0.39 is 17.2 Å². The minimum absolute atomic E-state index is 0.0878. The SMILES string of the molecule is O=C(CC1(O)CCN(c2ccc(F)c(F)c2)CC1)Nc1ccc2c(c1)OC(=O)C2. The zero-order valence-electron chi connectivity index (χ0n) is 15.6. The van der Waals surface area contributed by atoms with Crippen molar-refractivity contribution in [1.29, 1.82) is 0 Å². The predicted octanol–water partition coefficient (Wildman–Crippen LogP) is 2.79. The number of anilines is 2. The summed E-state index contributed by atoms with van der Waals surface area (Å²) in [5.74, 6) is -2.06. The average Bonchev–Trinajstić information content (AvgIpc) is 3.03. The molecule has 2 aliphatic heterocycles. The van der Waals surface area contributed by atoms with Gasteiger partial charge in [-0.1, -0.05) is 6.07 Å². The van der Waals surface area contributed by atoms with Gasteiger partial charge in [0.25, 0.3) is 0 Å². The number of nitrogens with one attached hydrogen (secondary N) is 1. The molecular formula is C21H20F2N2O4. The minimum atomic E-state index is -1.18. The maximum absolute atomic E-state index is 13.4. The fraction of sp³-hybridized carbons (Fsp3) is 0.333. The molecule has 1 saturated heterocycles. The van der Waals surface area contributed by atoms with Gasteiger partial charge in [-0.15, -0.1) is 0 Å². The van der Waals surface area contributed by atoms with Crippen molar-refractivity contribution in [1.82, 2.24) is 0 Å². The summed E-state index contributed by atoms with van der Waals surface area (Å²) in [6, 6.07) is 8.71. The summed E-state index contributed by atoms with van der Waals surface area (Å²) >= 11 is 0. The van der Waals surface area contributed by atoms with Crippen LogP contribution >= 0.6 is 0 Å². The van der Waals surface area contributed by atoms with Gasteiger partial charge in [0.05, 0.1) is 18.4 Å². The number of esters is 1. The van der Waals surface area contributed by atoms with Crippen molar-refractivity contribution in [2.24, 2.45) is 0 Å². The molecule has 0 radical (unpaired) electrons. The minimum Gasteiger partial charge on any atom is -0.426 e. The van der Waals surface area contributed by atoms with Crippen molar-refractivity contribution in [2.45, 2.75) is 31.3 Å². The summed E-state index contributed by atoms with van der Waals surface area (Å²) in [6.07, 6.45) is 0.774. The van der Waals surface area contributed by atoms with Gasteiger partial charge in [-0.25, -0.2) is 8.78 Å². The Labute approximate surface area is 166 Å². The molecule has 0 aromatic heterocycles. The Morgan fingerprint density at radius 2 is 1.90 bits per heavy atom. The highest BCUT2D eigenvalue weighted by Gasteiger charge is 2.35. The highest BCUT2D eigenvalue weighted by Crippen LogP contribution is 2.31. The highest BCUT2D eigenvalue weighted by molar-refractivity contribution is 5.92. The number of benzene rings is 2. The number of carbonyl (C=O) groups is 2. The molecule has 152 valence electrons. The summed E-state index contributed by atoms with van der Waals surface area (Å²) in [7, 11) is 0. The number of piperidine rings is 1. The summed E-state index contributed by atoms with van der Waals surface area (Å²) in [5, 5.41) is 13.5. The topological polar surface area (TPSA) is 78.9 Å². The first kappa shape index (κ1) is 19.3. The Kier molecular flexibility index (Phi) is 4.96. The van der Waals surface area contributed by atoms with Crippen LogP contribution in [0.15, 0.2) is 36.4 Å². The molecule has 6 nitrogen and oxygen atoms in total. The Morgan fingerprint density at radius 1 is 1.14 bits per heavy atom. The van der Waals surface area contributed by atoms with E-state index >= 15 is 0 Å². The fourth-order valence-electron chi connectivity index (χ4n) is 3.73. The van der Waals surface area contributed by atoms with Crippen molar-refractivity contribution < 1.29 is 28.2 Å². The Bertz CT molecular complexity index is 971. The molecule has 0 atom stereocenters. The molecule has 2 heterocycles. The molecule has 0 saturated carbocycles. The molecule has 8 heteroatoms. The van der Waals surface area contributed by atoms with Crippen LogP contribution in [-0.4, -0.2) is 35.7 Å². The Balaban J connectivity index is 1.34. The molecule has 2 aromatic rings. The molecule has 29 heavy (non-hydrogen) atoms. The first-order valence-corrected chi connectivity index (χ1v) is 9.37. The van der Waals surface area contributed by atoms with Gasteiger partial charge in [0.1, 0.15) is 5.75 Å². The number of amides is 1. The number of aliphatic hydroxyl groups is 1. The van der Waals surface area contributed by atoms with Crippen molar-refractivity contribution in [3.05, 3.63) is 53.6 Å². The van der Waals surface area contributed by atoms with Crippen LogP contribution in [-0.2, 0) is 16.0 Å². The van der Waals surface area contributed by atoms with Crippen LogP contribution in [0.4, 0.5) is 20.2 Å². The summed E-state index contributed by atoms with van der Waals surface area (Å²) < 4.78 is 31.6. The molecule has 2 N–H and O–H groups in total. The second kappa shape index (κ2) is 7.44. The van der Waals surface area contributed by atoms with Crippen LogP contribution in [0.1, 0.15) is 24.8 Å². The van der Waals surface area contributed by atoms with Crippen molar-refractivity contribution in [3.63, 3.8) is 0 Å². The monoisotopic (exact) mass is 402 g/mol. The number of fused-ring (bicyclic) bond motifs is 1. The molecule has 0 aliphatic carbocycles. The average molecular weight is 402 g/mol. The molecule has 2 aromatic carbocycles. The molecule has 0 spiro atoms. The maximum atomic E-state index is 13.4. The second-order valence-corrected chi connectivity index (χ2v) is 7.51. The smallest absolute Gasteiger partial charge is 0.315 e. The summed E-state index contributed by atoms with van der Waals surface area (Å²) in [5.41, 5.74) is 0.633. The van der Waals surface area contributed by atoms with Crippen molar-refractivity contribution >= 4 is 23.3 Å². The molecule has 0 unspecified atom stereocenters. The zero-order chi connectivity index (χ0) is 20.6. The fourth-order valence-corrected chi connectivity index (χ4v) is 3.73. The number of carbonyl (C=O) groups excluding carboxylic acids is 2. The number of hydrogen-bond donors (Lipinski definition) is 2. The third-order valence-corrected chi connectivity index (χ3v) is 5.36. The Morgan fingerprint density at radius 3 is 2.62 bits per heavy atom.